The summed E-state index contributed by atoms with van der Waals surface area (Å²) < 4.78 is 31.9. The molecule has 4 nitrogen and oxygen atoms in total. The molecule has 21 heavy (non-hydrogen) atoms. The fourth-order valence-corrected chi connectivity index (χ4v) is 2.31. The number of nitrogens with one attached hydrogen (secondary N) is 1. The molecule has 1 N–H and O–H groups in total. The molecule has 0 amide bonds. The maximum atomic E-state index is 13.7. The molecule has 0 saturated carbocycles. The highest BCUT2D eigenvalue weighted by Gasteiger charge is 2.15. The Hall–Kier alpha value is -1.60. The number of anilines is 1. The monoisotopic (exact) mass is 357 g/mol. The van der Waals surface area contributed by atoms with Gasteiger partial charge in [-0.1, -0.05) is 0 Å². The van der Waals surface area contributed by atoms with E-state index in [1.807, 2.05) is 6.92 Å². The molecule has 0 unspecified atom stereocenters. The highest BCUT2D eigenvalue weighted by molar-refractivity contribution is 9.10. The van der Waals surface area contributed by atoms with Gasteiger partial charge < -0.3 is 10.1 Å². The minimum atomic E-state index is -0.960. The van der Waals surface area contributed by atoms with Crippen LogP contribution in [-0.2, 0) is 11.3 Å². The third-order valence-corrected chi connectivity index (χ3v) is 3.48. The lowest BCUT2D eigenvalue weighted by Gasteiger charge is -2.10. The van der Waals surface area contributed by atoms with Crippen LogP contribution in [0.15, 0.2) is 22.7 Å². The molecule has 7 heteroatoms. The summed E-state index contributed by atoms with van der Waals surface area (Å²) in [5, 5.41) is 3.07. The first-order valence-corrected chi connectivity index (χ1v) is 7.10. The number of hydrogen-bond acceptors (Lipinski definition) is 4. The quantitative estimate of drug-likeness (QED) is 0.827. The van der Waals surface area contributed by atoms with E-state index in [4.69, 9.17) is 4.74 Å². The molecule has 1 aromatic carbocycles. The van der Waals surface area contributed by atoms with Crippen LogP contribution < -0.4 is 5.32 Å². The predicted octanol–water partition coefficient (Wildman–Crippen LogP) is 3.76. The summed E-state index contributed by atoms with van der Waals surface area (Å²) in [5.74, 6) is -0.985. The van der Waals surface area contributed by atoms with Gasteiger partial charge in [-0.05, 0) is 35.0 Å². The Morgan fingerprint density at radius 2 is 2.05 bits per heavy atom. The lowest BCUT2D eigenvalue weighted by molar-refractivity contribution is 0.181. The van der Waals surface area contributed by atoms with Crippen LogP contribution >= 0.6 is 15.9 Å². The van der Waals surface area contributed by atoms with Crippen LogP contribution in [0, 0.1) is 11.6 Å². The number of hydrogen-bond donors (Lipinski definition) is 1. The number of methoxy groups -OCH3 is 1. The summed E-state index contributed by atoms with van der Waals surface area (Å²) in [4.78, 5) is 8.62. The van der Waals surface area contributed by atoms with Crippen molar-refractivity contribution in [2.24, 2.45) is 0 Å². The van der Waals surface area contributed by atoms with Gasteiger partial charge in [0, 0.05) is 25.3 Å². The van der Waals surface area contributed by atoms with E-state index in [1.165, 1.54) is 6.07 Å². The maximum Gasteiger partial charge on any atom is 0.173 e. The van der Waals surface area contributed by atoms with Crippen molar-refractivity contribution in [2.75, 3.05) is 19.0 Å². The average molecular weight is 358 g/mol. The Balaban J connectivity index is 2.54. The van der Waals surface area contributed by atoms with Crippen molar-refractivity contribution in [3.63, 3.8) is 0 Å². The maximum absolute atomic E-state index is 13.7. The van der Waals surface area contributed by atoms with E-state index in [2.05, 4.69) is 31.2 Å². The molecule has 1 aromatic heterocycles. The number of benzene rings is 1. The van der Waals surface area contributed by atoms with Crippen molar-refractivity contribution in [3.05, 3.63) is 40.0 Å². The summed E-state index contributed by atoms with van der Waals surface area (Å²) in [6, 6.07) is 4.24. The molecular weight excluding hydrogens is 344 g/mol. The second-order valence-corrected chi connectivity index (χ2v) is 5.05. The van der Waals surface area contributed by atoms with Crippen LogP contribution in [-0.4, -0.2) is 23.6 Å². The SMILES string of the molecule is CCNc1cc(COC)nc(-c2ccc(F)c(F)c2Br)n1. The second-order valence-electron chi connectivity index (χ2n) is 4.25. The third-order valence-electron chi connectivity index (χ3n) is 2.71. The van der Waals surface area contributed by atoms with E-state index in [9.17, 15) is 8.78 Å². The van der Waals surface area contributed by atoms with Gasteiger partial charge >= 0.3 is 0 Å². The van der Waals surface area contributed by atoms with Crippen molar-refractivity contribution >= 4 is 21.7 Å². The minimum Gasteiger partial charge on any atom is -0.378 e. The van der Waals surface area contributed by atoms with Crippen LogP contribution in [0.1, 0.15) is 12.6 Å². The first-order chi connectivity index (χ1) is 10.1. The lowest BCUT2D eigenvalue weighted by Crippen LogP contribution is -2.05. The Morgan fingerprint density at radius 1 is 1.29 bits per heavy atom. The molecule has 0 atom stereocenters. The van der Waals surface area contributed by atoms with Crippen LogP contribution in [0.4, 0.5) is 14.6 Å². The first-order valence-electron chi connectivity index (χ1n) is 6.31. The fraction of sp³-hybridized carbons (Fsp3) is 0.286. The van der Waals surface area contributed by atoms with E-state index >= 15 is 0 Å². The Morgan fingerprint density at radius 3 is 2.71 bits per heavy atom. The van der Waals surface area contributed by atoms with Gasteiger partial charge in [-0.2, -0.15) is 0 Å². The van der Waals surface area contributed by atoms with Crippen LogP contribution in [0.2, 0.25) is 0 Å². The van der Waals surface area contributed by atoms with Gasteiger partial charge in [0.1, 0.15) is 5.82 Å². The topological polar surface area (TPSA) is 47.0 Å². The molecule has 2 aromatic rings. The summed E-state index contributed by atoms with van der Waals surface area (Å²) in [5.41, 5.74) is 1.03. The molecule has 0 bridgehead atoms. The van der Waals surface area contributed by atoms with Crippen LogP contribution in [0.5, 0.6) is 0 Å². The van der Waals surface area contributed by atoms with Crippen molar-refractivity contribution in [3.8, 4) is 11.4 Å². The Kier molecular flexibility index (Phi) is 5.19. The number of ether oxygens (including phenoxy) is 1. The van der Waals surface area contributed by atoms with E-state index in [-0.39, 0.29) is 4.47 Å². The molecule has 0 spiro atoms. The smallest absolute Gasteiger partial charge is 0.173 e. The molecule has 2 rings (SSSR count). The number of halogens is 3. The van der Waals surface area contributed by atoms with Gasteiger partial charge in [-0.15, -0.1) is 0 Å². The number of nitrogens with zero attached hydrogens (tertiary/aromatic N) is 2. The second kappa shape index (κ2) is 6.91. The summed E-state index contributed by atoms with van der Waals surface area (Å²) in [7, 11) is 1.56. The van der Waals surface area contributed by atoms with Crippen molar-refractivity contribution in [2.45, 2.75) is 13.5 Å². The first kappa shape index (κ1) is 15.8. The van der Waals surface area contributed by atoms with Crippen molar-refractivity contribution in [1.82, 2.24) is 9.97 Å². The molecule has 112 valence electrons. The third kappa shape index (κ3) is 3.54. The van der Waals surface area contributed by atoms with Gasteiger partial charge in [0.25, 0.3) is 0 Å². The summed E-state index contributed by atoms with van der Waals surface area (Å²) in [6.07, 6.45) is 0. The van der Waals surface area contributed by atoms with Gasteiger partial charge in [0.15, 0.2) is 17.5 Å². The fourth-order valence-electron chi connectivity index (χ4n) is 1.81. The van der Waals surface area contributed by atoms with Crippen LogP contribution in [0.3, 0.4) is 0 Å². The molecular formula is C14H14BrF2N3O. The van der Waals surface area contributed by atoms with Gasteiger partial charge in [0.2, 0.25) is 0 Å². The zero-order chi connectivity index (χ0) is 15.4. The Bertz CT molecular complexity index is 628. The molecule has 0 radical (unpaired) electrons. The molecule has 0 aliphatic heterocycles. The van der Waals surface area contributed by atoms with E-state index < -0.39 is 11.6 Å². The van der Waals surface area contributed by atoms with E-state index in [0.29, 0.717) is 36.1 Å². The molecule has 0 aliphatic rings. The van der Waals surface area contributed by atoms with Gasteiger partial charge in [-0.25, -0.2) is 18.7 Å². The molecule has 0 saturated heterocycles. The lowest BCUT2D eigenvalue weighted by atomic mass is 10.2. The highest BCUT2D eigenvalue weighted by atomic mass is 79.9. The zero-order valence-corrected chi connectivity index (χ0v) is 13.2. The van der Waals surface area contributed by atoms with Crippen molar-refractivity contribution < 1.29 is 13.5 Å². The number of aromatic nitrogens is 2. The molecule has 0 fully saturated rings. The van der Waals surface area contributed by atoms with E-state index in [1.54, 1.807) is 13.2 Å². The average Bonchev–Trinajstić information content (AvgIpc) is 2.45. The predicted molar refractivity (Wildman–Crippen MR) is 80.0 cm³/mol. The van der Waals surface area contributed by atoms with Gasteiger partial charge in [-0.3, -0.25) is 0 Å². The van der Waals surface area contributed by atoms with Crippen molar-refractivity contribution in [1.29, 1.82) is 0 Å². The molecule has 0 aliphatic carbocycles. The van der Waals surface area contributed by atoms with E-state index in [0.717, 1.165) is 6.07 Å². The Labute approximate surface area is 129 Å². The van der Waals surface area contributed by atoms with Gasteiger partial charge in [0.05, 0.1) is 16.8 Å². The number of rotatable bonds is 5. The zero-order valence-electron chi connectivity index (χ0n) is 11.6. The summed E-state index contributed by atoms with van der Waals surface area (Å²) >= 11 is 3.05. The largest absolute Gasteiger partial charge is 0.378 e. The summed E-state index contributed by atoms with van der Waals surface area (Å²) in [6.45, 7) is 2.92. The van der Waals surface area contributed by atoms with Crippen LogP contribution in [0.25, 0.3) is 11.4 Å². The minimum absolute atomic E-state index is 0.000449. The molecule has 1 heterocycles. The highest BCUT2D eigenvalue weighted by Crippen LogP contribution is 2.30. The standard InChI is InChI=1S/C14H14BrF2N3O/c1-3-18-11-6-8(7-21-2)19-14(20-11)9-4-5-10(16)13(17)12(9)15/h4-6H,3,7H2,1-2H3,(H,18,19,20). The normalized spacial score (nSPS) is 10.7.